The number of ether oxygens (including phenoxy) is 2. The van der Waals surface area contributed by atoms with Crippen LogP contribution in [0.1, 0.15) is 27.0 Å². The van der Waals surface area contributed by atoms with E-state index in [9.17, 15) is 4.79 Å². The minimum atomic E-state index is -0.212. The Morgan fingerprint density at radius 3 is 2.75 bits per heavy atom. The van der Waals surface area contributed by atoms with Gasteiger partial charge >= 0.3 is 0 Å². The minimum Gasteiger partial charge on any atom is -0.493 e. The average Bonchev–Trinajstić information content (AvgIpc) is 3.28. The molecular formula is C19H20N4O3S2. The first-order valence-electron chi connectivity index (χ1n) is 8.48. The van der Waals surface area contributed by atoms with Crippen molar-refractivity contribution in [2.75, 3.05) is 7.11 Å². The molecule has 1 aromatic carbocycles. The Balaban J connectivity index is 1.56. The van der Waals surface area contributed by atoms with E-state index in [1.807, 2.05) is 30.7 Å². The smallest absolute Gasteiger partial charge is 0.246 e. The molecule has 0 spiro atoms. The van der Waals surface area contributed by atoms with Crippen LogP contribution >= 0.6 is 22.7 Å². The predicted octanol–water partition coefficient (Wildman–Crippen LogP) is 3.50. The number of hydrogen-bond donors (Lipinski definition) is 1. The molecule has 2 aromatic heterocycles. The lowest BCUT2D eigenvalue weighted by molar-refractivity contribution is -0.120. The number of amides is 1. The lowest BCUT2D eigenvalue weighted by atomic mass is 10.2. The molecule has 0 aliphatic heterocycles. The SMILES string of the molecule is COc1cc(/C=N\NC(=O)Cc2nc(C)cs2)ccc1OCc1csc(C)n1. The number of hydrogen-bond acceptors (Lipinski definition) is 8. The number of carbonyl (C=O) groups excluding carboxylic acids is 1. The predicted molar refractivity (Wildman–Crippen MR) is 110 cm³/mol. The molecule has 1 N–H and O–H groups in total. The number of aryl methyl sites for hydroxylation is 2. The van der Waals surface area contributed by atoms with Crippen molar-refractivity contribution >= 4 is 34.8 Å². The standard InChI is InChI=1S/C19H20N4O3S2/c1-12-10-28-19(21-12)7-18(24)23-20-8-14-4-5-16(17(6-14)25-3)26-9-15-11-27-13(2)22-15/h4-6,8,10-11H,7,9H2,1-3H3,(H,23,24)/b20-8-. The van der Waals surface area contributed by atoms with Gasteiger partial charge in [-0.3, -0.25) is 4.79 Å². The summed E-state index contributed by atoms with van der Waals surface area (Å²) >= 11 is 3.05. The second kappa shape index (κ2) is 9.43. The molecule has 0 saturated carbocycles. The molecule has 0 atom stereocenters. The van der Waals surface area contributed by atoms with E-state index in [2.05, 4.69) is 20.5 Å². The molecule has 0 fully saturated rings. The van der Waals surface area contributed by atoms with E-state index in [0.717, 1.165) is 27.0 Å². The monoisotopic (exact) mass is 416 g/mol. The van der Waals surface area contributed by atoms with Crippen molar-refractivity contribution < 1.29 is 14.3 Å². The highest BCUT2D eigenvalue weighted by Crippen LogP contribution is 2.28. The summed E-state index contributed by atoms with van der Waals surface area (Å²) < 4.78 is 11.2. The highest BCUT2D eigenvalue weighted by atomic mass is 32.1. The molecule has 28 heavy (non-hydrogen) atoms. The molecule has 1 amide bonds. The molecule has 3 rings (SSSR count). The average molecular weight is 417 g/mol. The molecule has 0 bridgehead atoms. The van der Waals surface area contributed by atoms with Gasteiger partial charge in [0.05, 0.1) is 30.4 Å². The number of rotatable bonds is 8. The number of aromatic nitrogens is 2. The third-order valence-electron chi connectivity index (χ3n) is 3.61. The Morgan fingerprint density at radius 2 is 2.07 bits per heavy atom. The summed E-state index contributed by atoms with van der Waals surface area (Å²) in [5.41, 5.74) is 5.08. The van der Waals surface area contributed by atoms with Crippen LogP contribution in [0.25, 0.3) is 0 Å². The van der Waals surface area contributed by atoms with Crippen molar-refractivity contribution in [3.8, 4) is 11.5 Å². The van der Waals surface area contributed by atoms with Crippen LogP contribution in [-0.2, 0) is 17.8 Å². The number of hydrazone groups is 1. The molecule has 0 aliphatic carbocycles. The van der Waals surface area contributed by atoms with Gasteiger partial charge in [-0.2, -0.15) is 5.10 Å². The van der Waals surface area contributed by atoms with Gasteiger partial charge in [0.1, 0.15) is 11.6 Å². The summed E-state index contributed by atoms with van der Waals surface area (Å²) in [7, 11) is 1.58. The summed E-state index contributed by atoms with van der Waals surface area (Å²) in [5, 5.41) is 9.65. The zero-order valence-corrected chi connectivity index (χ0v) is 17.4. The highest BCUT2D eigenvalue weighted by molar-refractivity contribution is 7.09. The van der Waals surface area contributed by atoms with Gasteiger partial charge in [0.2, 0.25) is 5.91 Å². The summed E-state index contributed by atoms with van der Waals surface area (Å²) in [5.74, 6) is 0.991. The topological polar surface area (TPSA) is 85.7 Å². The number of carbonyl (C=O) groups is 1. The van der Waals surface area contributed by atoms with Crippen molar-refractivity contribution in [1.82, 2.24) is 15.4 Å². The molecule has 0 aliphatic rings. The van der Waals surface area contributed by atoms with Gasteiger partial charge in [-0.25, -0.2) is 15.4 Å². The number of nitrogens with one attached hydrogen (secondary N) is 1. The van der Waals surface area contributed by atoms with E-state index in [1.54, 1.807) is 36.8 Å². The summed E-state index contributed by atoms with van der Waals surface area (Å²) in [6.45, 7) is 4.23. The van der Waals surface area contributed by atoms with E-state index < -0.39 is 0 Å². The minimum absolute atomic E-state index is 0.210. The first kappa shape index (κ1) is 20.0. The fourth-order valence-corrected chi connectivity index (χ4v) is 3.72. The third kappa shape index (κ3) is 5.61. The van der Waals surface area contributed by atoms with Crippen LogP contribution in [-0.4, -0.2) is 29.2 Å². The lowest BCUT2D eigenvalue weighted by Crippen LogP contribution is -2.19. The van der Waals surface area contributed by atoms with Crippen LogP contribution in [0, 0.1) is 13.8 Å². The summed E-state index contributed by atoms with van der Waals surface area (Å²) in [6, 6.07) is 5.44. The summed E-state index contributed by atoms with van der Waals surface area (Å²) in [4.78, 5) is 20.5. The second-order valence-corrected chi connectivity index (χ2v) is 7.91. The zero-order chi connectivity index (χ0) is 19.9. The lowest BCUT2D eigenvalue weighted by Gasteiger charge is -2.10. The molecule has 3 aromatic rings. The Bertz CT molecular complexity index is 981. The third-order valence-corrected chi connectivity index (χ3v) is 5.40. The van der Waals surface area contributed by atoms with Crippen molar-refractivity contribution in [3.05, 3.63) is 55.9 Å². The second-order valence-electron chi connectivity index (χ2n) is 5.91. The maximum atomic E-state index is 11.9. The van der Waals surface area contributed by atoms with Crippen LogP contribution < -0.4 is 14.9 Å². The van der Waals surface area contributed by atoms with E-state index in [0.29, 0.717) is 18.1 Å². The van der Waals surface area contributed by atoms with Gasteiger partial charge in [-0.15, -0.1) is 22.7 Å². The summed E-state index contributed by atoms with van der Waals surface area (Å²) in [6.07, 6.45) is 1.77. The molecule has 0 radical (unpaired) electrons. The Hall–Kier alpha value is -2.78. The fourth-order valence-electron chi connectivity index (χ4n) is 2.35. The quantitative estimate of drug-likeness (QED) is 0.449. The Morgan fingerprint density at radius 1 is 1.21 bits per heavy atom. The molecule has 146 valence electrons. The highest BCUT2D eigenvalue weighted by Gasteiger charge is 2.08. The molecule has 2 heterocycles. The molecule has 0 unspecified atom stereocenters. The van der Waals surface area contributed by atoms with Crippen LogP contribution in [0.2, 0.25) is 0 Å². The van der Waals surface area contributed by atoms with Crippen molar-refractivity contribution in [2.45, 2.75) is 26.9 Å². The van der Waals surface area contributed by atoms with Gasteiger partial charge in [-0.1, -0.05) is 0 Å². The van der Waals surface area contributed by atoms with Gasteiger partial charge in [0.25, 0.3) is 0 Å². The van der Waals surface area contributed by atoms with E-state index in [1.165, 1.54) is 11.3 Å². The van der Waals surface area contributed by atoms with Gasteiger partial charge in [-0.05, 0) is 37.6 Å². The van der Waals surface area contributed by atoms with Gasteiger partial charge < -0.3 is 9.47 Å². The van der Waals surface area contributed by atoms with E-state index in [4.69, 9.17) is 9.47 Å². The number of thiazole rings is 2. The van der Waals surface area contributed by atoms with Crippen LogP contribution in [0.5, 0.6) is 11.5 Å². The zero-order valence-electron chi connectivity index (χ0n) is 15.8. The Kier molecular flexibility index (Phi) is 6.72. The van der Waals surface area contributed by atoms with Crippen LogP contribution in [0.3, 0.4) is 0 Å². The van der Waals surface area contributed by atoms with E-state index in [-0.39, 0.29) is 12.3 Å². The number of methoxy groups -OCH3 is 1. The molecule has 9 heteroatoms. The van der Waals surface area contributed by atoms with E-state index >= 15 is 0 Å². The first-order chi connectivity index (χ1) is 13.5. The van der Waals surface area contributed by atoms with Crippen molar-refractivity contribution in [3.63, 3.8) is 0 Å². The largest absolute Gasteiger partial charge is 0.493 e. The number of benzene rings is 1. The maximum absolute atomic E-state index is 11.9. The fraction of sp³-hybridized carbons (Fsp3) is 0.263. The van der Waals surface area contributed by atoms with Crippen molar-refractivity contribution in [1.29, 1.82) is 0 Å². The Labute approximate surface area is 171 Å². The first-order valence-corrected chi connectivity index (χ1v) is 10.2. The van der Waals surface area contributed by atoms with Crippen LogP contribution in [0.15, 0.2) is 34.1 Å². The number of nitrogens with zero attached hydrogens (tertiary/aromatic N) is 3. The van der Waals surface area contributed by atoms with Gasteiger partial charge in [0.15, 0.2) is 11.5 Å². The van der Waals surface area contributed by atoms with Gasteiger partial charge in [0, 0.05) is 16.5 Å². The molecule has 7 nitrogen and oxygen atoms in total. The van der Waals surface area contributed by atoms with Crippen molar-refractivity contribution in [2.24, 2.45) is 5.10 Å². The molecular weight excluding hydrogens is 396 g/mol. The normalized spacial score (nSPS) is 11.0. The molecule has 0 saturated heterocycles. The van der Waals surface area contributed by atoms with Crippen LogP contribution in [0.4, 0.5) is 0 Å². The maximum Gasteiger partial charge on any atom is 0.246 e.